The lowest BCUT2D eigenvalue weighted by Crippen LogP contribution is -2.44. The molecule has 24 heavy (non-hydrogen) atoms. The standard InChI is InChI=1S/C17H23N5OS/c1-12-8-6-7-11-15(12)18-16(23)13(2)24-17-19-20-21-22(17)14-9-4-3-5-10-14/h3-5,9-10,12-13,15H,6-8,11H2,1-2H3,(H,18,23)/t12-,13+,15-/m0/s1. The molecule has 0 bridgehead atoms. The van der Waals surface area contributed by atoms with Gasteiger partial charge in [-0.25, -0.2) is 0 Å². The van der Waals surface area contributed by atoms with Gasteiger partial charge in [0.2, 0.25) is 11.1 Å². The summed E-state index contributed by atoms with van der Waals surface area (Å²) in [6.07, 6.45) is 4.73. The quantitative estimate of drug-likeness (QED) is 0.844. The number of nitrogens with zero attached hydrogens (tertiary/aromatic N) is 4. The van der Waals surface area contributed by atoms with Gasteiger partial charge in [0.05, 0.1) is 10.9 Å². The van der Waals surface area contributed by atoms with Gasteiger partial charge in [0.1, 0.15) is 0 Å². The van der Waals surface area contributed by atoms with Crippen molar-refractivity contribution < 1.29 is 4.79 Å². The summed E-state index contributed by atoms with van der Waals surface area (Å²) in [6, 6.07) is 9.99. The maximum Gasteiger partial charge on any atom is 0.233 e. The molecule has 7 heteroatoms. The Hall–Kier alpha value is -1.89. The molecule has 0 spiro atoms. The van der Waals surface area contributed by atoms with Crippen molar-refractivity contribution in [3.8, 4) is 5.69 Å². The summed E-state index contributed by atoms with van der Waals surface area (Å²) < 4.78 is 1.66. The first-order chi connectivity index (χ1) is 11.6. The lowest BCUT2D eigenvalue weighted by molar-refractivity contribution is -0.121. The molecule has 1 aliphatic carbocycles. The molecule has 0 radical (unpaired) electrons. The van der Waals surface area contributed by atoms with Crippen molar-refractivity contribution in [2.75, 3.05) is 0 Å². The topological polar surface area (TPSA) is 72.7 Å². The summed E-state index contributed by atoms with van der Waals surface area (Å²) in [6.45, 7) is 4.12. The van der Waals surface area contributed by atoms with Crippen LogP contribution in [0.3, 0.4) is 0 Å². The van der Waals surface area contributed by atoms with E-state index in [1.807, 2.05) is 37.3 Å². The van der Waals surface area contributed by atoms with E-state index < -0.39 is 0 Å². The van der Waals surface area contributed by atoms with E-state index in [0.29, 0.717) is 17.1 Å². The number of aromatic nitrogens is 4. The molecule has 1 aliphatic rings. The minimum absolute atomic E-state index is 0.0568. The molecular weight excluding hydrogens is 322 g/mol. The monoisotopic (exact) mass is 345 g/mol. The van der Waals surface area contributed by atoms with E-state index in [1.165, 1.54) is 31.0 Å². The van der Waals surface area contributed by atoms with Gasteiger partial charge in [-0.1, -0.05) is 49.7 Å². The second kappa shape index (κ2) is 7.79. The van der Waals surface area contributed by atoms with Crippen LogP contribution in [0.2, 0.25) is 0 Å². The number of carbonyl (C=O) groups is 1. The predicted molar refractivity (Wildman–Crippen MR) is 94.0 cm³/mol. The highest BCUT2D eigenvalue weighted by atomic mass is 32.2. The van der Waals surface area contributed by atoms with Crippen LogP contribution in [-0.2, 0) is 4.79 Å². The lowest BCUT2D eigenvalue weighted by Gasteiger charge is -2.30. The SMILES string of the molecule is C[C@@H](Sc1nnnn1-c1ccccc1)C(=O)N[C@H]1CCCC[C@@H]1C. The Labute approximate surface area is 146 Å². The van der Waals surface area contributed by atoms with E-state index in [1.54, 1.807) is 4.68 Å². The molecule has 1 saturated carbocycles. The summed E-state index contributed by atoms with van der Waals surface area (Å²) in [7, 11) is 0. The Bertz CT molecular complexity index is 675. The normalized spacial score (nSPS) is 22.1. The van der Waals surface area contributed by atoms with Crippen molar-refractivity contribution in [1.29, 1.82) is 0 Å². The number of benzene rings is 1. The van der Waals surface area contributed by atoms with Crippen LogP contribution in [-0.4, -0.2) is 37.4 Å². The molecule has 3 rings (SSSR count). The van der Waals surface area contributed by atoms with Crippen LogP contribution in [0.5, 0.6) is 0 Å². The van der Waals surface area contributed by atoms with Gasteiger partial charge < -0.3 is 5.32 Å². The number of rotatable bonds is 5. The zero-order valence-corrected chi connectivity index (χ0v) is 14.9. The molecule has 1 fully saturated rings. The van der Waals surface area contributed by atoms with Gasteiger partial charge in [0.25, 0.3) is 0 Å². The third-order valence-electron chi connectivity index (χ3n) is 4.53. The van der Waals surface area contributed by atoms with Crippen molar-refractivity contribution in [3.05, 3.63) is 30.3 Å². The first-order valence-corrected chi connectivity index (χ1v) is 9.34. The number of carbonyl (C=O) groups excluding carboxylic acids is 1. The van der Waals surface area contributed by atoms with Crippen molar-refractivity contribution in [2.45, 2.75) is 56.0 Å². The van der Waals surface area contributed by atoms with E-state index in [9.17, 15) is 4.79 Å². The van der Waals surface area contributed by atoms with Crippen molar-refractivity contribution in [3.63, 3.8) is 0 Å². The number of tetrazole rings is 1. The van der Waals surface area contributed by atoms with Crippen LogP contribution >= 0.6 is 11.8 Å². The van der Waals surface area contributed by atoms with Gasteiger partial charge >= 0.3 is 0 Å². The molecular formula is C17H23N5OS. The molecule has 1 N–H and O–H groups in total. The van der Waals surface area contributed by atoms with E-state index >= 15 is 0 Å². The Morgan fingerprint density at radius 1 is 1.29 bits per heavy atom. The lowest BCUT2D eigenvalue weighted by atomic mass is 9.86. The van der Waals surface area contributed by atoms with E-state index in [2.05, 4.69) is 27.8 Å². The highest BCUT2D eigenvalue weighted by Gasteiger charge is 2.26. The number of para-hydroxylation sites is 1. The van der Waals surface area contributed by atoms with Crippen molar-refractivity contribution in [1.82, 2.24) is 25.5 Å². The summed E-state index contributed by atoms with van der Waals surface area (Å²) in [5, 5.41) is 15.4. The van der Waals surface area contributed by atoms with Crippen molar-refractivity contribution in [2.24, 2.45) is 5.92 Å². The van der Waals surface area contributed by atoms with Crippen LogP contribution in [0.4, 0.5) is 0 Å². The minimum atomic E-state index is -0.243. The summed E-state index contributed by atoms with van der Waals surface area (Å²) in [5.41, 5.74) is 0.888. The number of hydrogen-bond donors (Lipinski definition) is 1. The second-order valence-electron chi connectivity index (χ2n) is 6.35. The van der Waals surface area contributed by atoms with E-state index in [0.717, 1.165) is 12.1 Å². The third kappa shape index (κ3) is 3.95. The molecule has 6 nitrogen and oxygen atoms in total. The molecule has 0 saturated heterocycles. The summed E-state index contributed by atoms with van der Waals surface area (Å²) >= 11 is 1.38. The average Bonchev–Trinajstić information content (AvgIpc) is 3.05. The molecule has 2 aromatic rings. The summed E-state index contributed by atoms with van der Waals surface area (Å²) in [4.78, 5) is 12.5. The van der Waals surface area contributed by atoms with Gasteiger partial charge in [-0.2, -0.15) is 4.68 Å². The number of hydrogen-bond acceptors (Lipinski definition) is 5. The predicted octanol–water partition coefficient (Wildman–Crippen LogP) is 2.84. The van der Waals surface area contributed by atoms with E-state index in [-0.39, 0.29) is 11.2 Å². The van der Waals surface area contributed by atoms with Gasteiger partial charge in [-0.3, -0.25) is 4.79 Å². The van der Waals surface area contributed by atoms with Crippen molar-refractivity contribution >= 4 is 17.7 Å². The zero-order chi connectivity index (χ0) is 16.9. The third-order valence-corrected chi connectivity index (χ3v) is 5.57. The molecule has 1 heterocycles. The maximum absolute atomic E-state index is 12.5. The Morgan fingerprint density at radius 3 is 2.79 bits per heavy atom. The molecule has 3 atom stereocenters. The molecule has 0 unspecified atom stereocenters. The van der Waals surface area contributed by atoms with Gasteiger partial charge in [-0.05, 0) is 48.2 Å². The maximum atomic E-state index is 12.5. The Kier molecular flexibility index (Phi) is 5.50. The van der Waals surface area contributed by atoms with Crippen LogP contribution in [0.25, 0.3) is 5.69 Å². The van der Waals surface area contributed by atoms with E-state index in [4.69, 9.17) is 0 Å². The van der Waals surface area contributed by atoms with Gasteiger partial charge in [-0.15, -0.1) is 5.10 Å². The highest BCUT2D eigenvalue weighted by Crippen LogP contribution is 2.26. The fraction of sp³-hybridized carbons (Fsp3) is 0.529. The first-order valence-electron chi connectivity index (χ1n) is 8.46. The minimum Gasteiger partial charge on any atom is -0.352 e. The summed E-state index contributed by atoms with van der Waals surface area (Å²) in [5.74, 6) is 0.607. The zero-order valence-electron chi connectivity index (χ0n) is 14.1. The molecule has 1 aromatic heterocycles. The number of amides is 1. The molecule has 1 aromatic carbocycles. The first kappa shape index (κ1) is 17.0. The Balaban J connectivity index is 1.64. The van der Waals surface area contributed by atoms with Crippen LogP contribution in [0.1, 0.15) is 39.5 Å². The fourth-order valence-electron chi connectivity index (χ4n) is 3.03. The molecule has 0 aliphatic heterocycles. The fourth-order valence-corrected chi connectivity index (χ4v) is 3.84. The second-order valence-corrected chi connectivity index (χ2v) is 7.65. The highest BCUT2D eigenvalue weighted by molar-refractivity contribution is 8.00. The van der Waals surface area contributed by atoms with Gasteiger partial charge in [0.15, 0.2) is 0 Å². The van der Waals surface area contributed by atoms with Gasteiger partial charge in [0, 0.05) is 6.04 Å². The van der Waals surface area contributed by atoms with Crippen LogP contribution in [0.15, 0.2) is 35.5 Å². The average molecular weight is 345 g/mol. The smallest absolute Gasteiger partial charge is 0.233 e. The molecule has 1 amide bonds. The van der Waals surface area contributed by atoms with Crippen LogP contribution in [0, 0.1) is 5.92 Å². The Morgan fingerprint density at radius 2 is 2.04 bits per heavy atom. The number of thioether (sulfide) groups is 1. The number of nitrogens with one attached hydrogen (secondary N) is 1. The van der Waals surface area contributed by atoms with Crippen LogP contribution < -0.4 is 5.32 Å². The largest absolute Gasteiger partial charge is 0.352 e. The molecule has 128 valence electrons.